The van der Waals surface area contributed by atoms with Crippen LogP contribution < -0.4 is 4.90 Å². The number of rotatable bonds is 5. The van der Waals surface area contributed by atoms with Gasteiger partial charge in [0.2, 0.25) is 0 Å². The molecule has 0 radical (unpaired) electrons. The number of hydrogen-bond acceptors (Lipinski definition) is 6. The average molecular weight is 389 g/mol. The number of amides is 1. The zero-order valence-electron chi connectivity index (χ0n) is 14.4. The monoisotopic (exact) mass is 389 g/mol. The van der Waals surface area contributed by atoms with Gasteiger partial charge in [0.1, 0.15) is 11.3 Å². The summed E-state index contributed by atoms with van der Waals surface area (Å²) < 4.78 is 28.7. The molecule has 27 heavy (non-hydrogen) atoms. The summed E-state index contributed by atoms with van der Waals surface area (Å²) >= 11 is 0. The van der Waals surface area contributed by atoms with Crippen molar-refractivity contribution in [1.29, 1.82) is 0 Å². The topological polar surface area (TPSA) is 101 Å². The van der Waals surface area contributed by atoms with Gasteiger partial charge in [-0.05, 0) is 30.7 Å². The second-order valence-corrected chi connectivity index (χ2v) is 8.48. The molecule has 0 aromatic heterocycles. The number of sulfone groups is 1. The van der Waals surface area contributed by atoms with Crippen LogP contribution >= 0.6 is 0 Å². The van der Waals surface area contributed by atoms with Gasteiger partial charge in [0.25, 0.3) is 5.91 Å². The SMILES string of the molecule is O=C(OCC(=O)N(c1ccccc1)[C@@H]1CCS(=O)(=O)C1)c1ccccc1O. The number of phenols is 1. The molecule has 2 aromatic carbocycles. The van der Waals surface area contributed by atoms with Crippen LogP contribution in [-0.4, -0.2) is 49.6 Å². The summed E-state index contributed by atoms with van der Waals surface area (Å²) in [5.74, 6) is -1.69. The number of ether oxygens (including phenoxy) is 1. The molecule has 0 unspecified atom stereocenters. The fourth-order valence-electron chi connectivity index (χ4n) is 3.05. The standard InChI is InChI=1S/C19H19NO6S/c21-17-9-5-4-8-16(17)19(23)26-12-18(22)20(14-6-2-1-3-7-14)15-10-11-27(24,25)13-15/h1-9,15,21H,10-13H2/t15-/m1/s1. The van der Waals surface area contributed by atoms with Gasteiger partial charge < -0.3 is 14.7 Å². The smallest absolute Gasteiger partial charge is 0.342 e. The zero-order chi connectivity index (χ0) is 19.4. The Bertz CT molecular complexity index is 942. The molecule has 1 saturated heterocycles. The molecule has 1 aliphatic heterocycles. The van der Waals surface area contributed by atoms with Crippen LogP contribution in [0.25, 0.3) is 0 Å². The fraction of sp³-hybridized carbons (Fsp3) is 0.263. The lowest BCUT2D eigenvalue weighted by Gasteiger charge is -2.28. The third-order valence-corrected chi connectivity index (χ3v) is 6.08. The third-order valence-electron chi connectivity index (χ3n) is 4.33. The van der Waals surface area contributed by atoms with Crippen molar-refractivity contribution in [1.82, 2.24) is 0 Å². The molecule has 142 valence electrons. The number of esters is 1. The van der Waals surface area contributed by atoms with Crippen molar-refractivity contribution in [2.45, 2.75) is 12.5 Å². The first kappa shape index (κ1) is 18.9. The number of carbonyl (C=O) groups excluding carboxylic acids is 2. The Morgan fingerprint density at radius 2 is 1.74 bits per heavy atom. The van der Waals surface area contributed by atoms with Crippen molar-refractivity contribution in [3.05, 3.63) is 60.2 Å². The highest BCUT2D eigenvalue weighted by Crippen LogP contribution is 2.25. The van der Waals surface area contributed by atoms with Gasteiger partial charge in [-0.3, -0.25) is 4.79 Å². The van der Waals surface area contributed by atoms with E-state index in [1.54, 1.807) is 42.5 Å². The fourth-order valence-corrected chi connectivity index (χ4v) is 4.75. The van der Waals surface area contributed by atoms with E-state index in [2.05, 4.69) is 0 Å². The molecule has 1 heterocycles. The predicted molar refractivity (Wildman–Crippen MR) is 99.4 cm³/mol. The number of nitrogens with zero attached hydrogens (tertiary/aromatic N) is 1. The second-order valence-electron chi connectivity index (χ2n) is 6.25. The largest absolute Gasteiger partial charge is 0.507 e. The maximum absolute atomic E-state index is 12.8. The van der Waals surface area contributed by atoms with Gasteiger partial charge in [-0.2, -0.15) is 0 Å². The van der Waals surface area contributed by atoms with E-state index in [1.165, 1.54) is 17.0 Å². The highest BCUT2D eigenvalue weighted by atomic mass is 32.2. The molecule has 1 N–H and O–H groups in total. The normalized spacial score (nSPS) is 18.0. The van der Waals surface area contributed by atoms with Crippen molar-refractivity contribution < 1.29 is 27.9 Å². The highest BCUT2D eigenvalue weighted by Gasteiger charge is 2.35. The van der Waals surface area contributed by atoms with Crippen LogP contribution in [0.2, 0.25) is 0 Å². The lowest BCUT2D eigenvalue weighted by molar-refractivity contribution is -0.122. The molecule has 0 bridgehead atoms. The summed E-state index contributed by atoms with van der Waals surface area (Å²) in [5.41, 5.74) is 0.503. The van der Waals surface area contributed by atoms with Crippen LogP contribution in [0.1, 0.15) is 16.8 Å². The Hall–Kier alpha value is -2.87. The lowest BCUT2D eigenvalue weighted by Crippen LogP contribution is -2.43. The maximum atomic E-state index is 12.8. The van der Waals surface area contributed by atoms with Crippen LogP contribution in [0.4, 0.5) is 5.69 Å². The lowest BCUT2D eigenvalue weighted by atomic mass is 10.2. The number of anilines is 1. The molecule has 8 heteroatoms. The summed E-state index contributed by atoms with van der Waals surface area (Å²) in [5, 5.41) is 9.70. The second kappa shape index (κ2) is 7.79. The summed E-state index contributed by atoms with van der Waals surface area (Å²) in [6.07, 6.45) is 0.330. The summed E-state index contributed by atoms with van der Waals surface area (Å²) in [6, 6.07) is 14.0. The van der Waals surface area contributed by atoms with Gasteiger partial charge >= 0.3 is 5.97 Å². The number of para-hydroxylation sites is 2. The number of hydrogen-bond donors (Lipinski definition) is 1. The first-order valence-electron chi connectivity index (χ1n) is 8.40. The first-order chi connectivity index (χ1) is 12.9. The van der Waals surface area contributed by atoms with E-state index in [0.717, 1.165) is 0 Å². The van der Waals surface area contributed by atoms with E-state index in [1.807, 2.05) is 0 Å². The molecule has 1 fully saturated rings. The Kier molecular flexibility index (Phi) is 5.46. The van der Waals surface area contributed by atoms with Gasteiger partial charge in [-0.15, -0.1) is 0 Å². The Morgan fingerprint density at radius 3 is 2.37 bits per heavy atom. The molecule has 1 atom stereocenters. The third kappa shape index (κ3) is 4.46. The van der Waals surface area contributed by atoms with E-state index >= 15 is 0 Å². The Morgan fingerprint density at radius 1 is 1.07 bits per heavy atom. The molecular formula is C19H19NO6S. The first-order valence-corrected chi connectivity index (χ1v) is 10.2. The van der Waals surface area contributed by atoms with Crippen LogP contribution in [-0.2, 0) is 19.4 Å². The van der Waals surface area contributed by atoms with Gasteiger partial charge in [0.05, 0.1) is 17.5 Å². The molecular weight excluding hydrogens is 370 g/mol. The van der Waals surface area contributed by atoms with Gasteiger partial charge in [0, 0.05) is 5.69 Å². The van der Waals surface area contributed by atoms with E-state index in [-0.39, 0.29) is 22.8 Å². The maximum Gasteiger partial charge on any atom is 0.342 e. The quantitative estimate of drug-likeness (QED) is 0.782. The number of phenolic OH excluding ortho intramolecular Hbond substituents is 1. The van der Waals surface area contributed by atoms with Crippen LogP contribution in [0.15, 0.2) is 54.6 Å². The average Bonchev–Trinajstić information content (AvgIpc) is 3.00. The molecule has 3 rings (SSSR count). The number of carbonyl (C=O) groups is 2. The summed E-state index contributed by atoms with van der Waals surface area (Å²) in [7, 11) is -3.20. The van der Waals surface area contributed by atoms with Crippen molar-refractivity contribution in [3.63, 3.8) is 0 Å². The molecule has 1 amide bonds. The minimum absolute atomic E-state index is 0.0198. The molecule has 1 aliphatic rings. The Labute approximate surface area is 157 Å². The molecule has 2 aromatic rings. The molecule has 0 saturated carbocycles. The minimum Gasteiger partial charge on any atom is -0.507 e. The minimum atomic E-state index is -3.20. The van der Waals surface area contributed by atoms with Crippen molar-refractivity contribution in [3.8, 4) is 5.75 Å². The summed E-state index contributed by atoms with van der Waals surface area (Å²) in [6.45, 7) is -0.557. The predicted octanol–water partition coefficient (Wildman–Crippen LogP) is 1.77. The molecule has 7 nitrogen and oxygen atoms in total. The highest BCUT2D eigenvalue weighted by molar-refractivity contribution is 7.91. The van der Waals surface area contributed by atoms with E-state index < -0.39 is 34.4 Å². The van der Waals surface area contributed by atoms with Gasteiger partial charge in [-0.25, -0.2) is 13.2 Å². The molecule has 0 aliphatic carbocycles. The van der Waals surface area contributed by atoms with Crippen LogP contribution in [0.3, 0.4) is 0 Å². The summed E-state index contributed by atoms with van der Waals surface area (Å²) in [4.78, 5) is 26.2. The zero-order valence-corrected chi connectivity index (χ0v) is 15.3. The number of aromatic hydroxyl groups is 1. The van der Waals surface area contributed by atoms with Crippen LogP contribution in [0.5, 0.6) is 5.75 Å². The van der Waals surface area contributed by atoms with Crippen molar-refractivity contribution in [2.75, 3.05) is 23.0 Å². The van der Waals surface area contributed by atoms with Gasteiger partial charge in [0.15, 0.2) is 16.4 Å². The Balaban J connectivity index is 1.76. The van der Waals surface area contributed by atoms with Crippen molar-refractivity contribution in [2.24, 2.45) is 0 Å². The van der Waals surface area contributed by atoms with E-state index in [4.69, 9.17) is 4.74 Å². The number of benzene rings is 2. The van der Waals surface area contributed by atoms with E-state index in [0.29, 0.717) is 12.1 Å². The molecule has 0 spiro atoms. The van der Waals surface area contributed by atoms with Crippen molar-refractivity contribution >= 4 is 27.4 Å². The van der Waals surface area contributed by atoms with Crippen LogP contribution in [0, 0.1) is 0 Å². The van der Waals surface area contributed by atoms with Gasteiger partial charge in [-0.1, -0.05) is 30.3 Å². The van der Waals surface area contributed by atoms with E-state index in [9.17, 15) is 23.1 Å².